The molecule has 33 heavy (non-hydrogen) atoms. The van der Waals surface area contributed by atoms with Gasteiger partial charge in [-0.05, 0) is 32.0 Å². The SMILES string of the molecule is CC(C)n1ncc2c(C(=O)Nc3cccnc3N3CCOCC3)cc(-c3ccccc3)nc21. The van der Waals surface area contributed by atoms with Gasteiger partial charge in [-0.15, -0.1) is 0 Å². The highest BCUT2D eigenvalue weighted by molar-refractivity contribution is 6.13. The molecule has 4 aromatic rings. The molecule has 0 spiro atoms. The summed E-state index contributed by atoms with van der Waals surface area (Å²) in [4.78, 5) is 25.1. The van der Waals surface area contributed by atoms with Crippen molar-refractivity contribution in [3.63, 3.8) is 0 Å². The van der Waals surface area contributed by atoms with Crippen LogP contribution in [0.5, 0.6) is 0 Å². The fourth-order valence-electron chi connectivity index (χ4n) is 4.05. The van der Waals surface area contributed by atoms with E-state index in [1.165, 1.54) is 0 Å². The van der Waals surface area contributed by atoms with Crippen molar-refractivity contribution in [1.82, 2.24) is 19.7 Å². The average Bonchev–Trinajstić information content (AvgIpc) is 3.29. The highest BCUT2D eigenvalue weighted by Crippen LogP contribution is 2.29. The fourth-order valence-corrected chi connectivity index (χ4v) is 4.05. The number of nitrogens with one attached hydrogen (secondary N) is 1. The van der Waals surface area contributed by atoms with Crippen LogP contribution in [0.25, 0.3) is 22.3 Å². The van der Waals surface area contributed by atoms with Crippen LogP contribution >= 0.6 is 0 Å². The molecule has 0 unspecified atom stereocenters. The second kappa shape index (κ2) is 8.99. The molecule has 1 N–H and O–H groups in total. The normalized spacial score (nSPS) is 14.1. The molecule has 0 radical (unpaired) electrons. The molecule has 0 saturated carbocycles. The van der Waals surface area contributed by atoms with Gasteiger partial charge in [-0.25, -0.2) is 14.6 Å². The van der Waals surface area contributed by atoms with E-state index in [-0.39, 0.29) is 11.9 Å². The molecule has 5 rings (SSSR count). The van der Waals surface area contributed by atoms with Gasteiger partial charge in [-0.2, -0.15) is 5.10 Å². The summed E-state index contributed by atoms with van der Waals surface area (Å²) in [5.74, 6) is 0.533. The Morgan fingerprint density at radius 3 is 2.64 bits per heavy atom. The first kappa shape index (κ1) is 21.1. The largest absolute Gasteiger partial charge is 0.378 e. The van der Waals surface area contributed by atoms with E-state index in [2.05, 4.69) is 20.3 Å². The molecule has 1 aromatic carbocycles. The number of hydrogen-bond donors (Lipinski definition) is 1. The summed E-state index contributed by atoms with van der Waals surface area (Å²) in [7, 11) is 0. The number of hydrogen-bond acceptors (Lipinski definition) is 6. The first-order chi connectivity index (χ1) is 16.1. The number of aromatic nitrogens is 4. The lowest BCUT2D eigenvalue weighted by atomic mass is 10.1. The molecule has 168 valence electrons. The van der Waals surface area contributed by atoms with Crippen LogP contribution in [0.1, 0.15) is 30.2 Å². The van der Waals surface area contributed by atoms with Gasteiger partial charge in [0.2, 0.25) is 0 Å². The second-order valence-electron chi connectivity index (χ2n) is 8.27. The van der Waals surface area contributed by atoms with Crippen molar-refractivity contribution >= 4 is 28.4 Å². The number of nitrogens with zero attached hydrogens (tertiary/aromatic N) is 5. The highest BCUT2D eigenvalue weighted by Gasteiger charge is 2.21. The van der Waals surface area contributed by atoms with Crippen LogP contribution in [0.15, 0.2) is 60.9 Å². The van der Waals surface area contributed by atoms with E-state index in [0.29, 0.717) is 30.1 Å². The molecular weight excluding hydrogens is 416 g/mol. The molecule has 0 atom stereocenters. The summed E-state index contributed by atoms with van der Waals surface area (Å²) in [6.07, 6.45) is 3.46. The summed E-state index contributed by atoms with van der Waals surface area (Å²) < 4.78 is 7.31. The molecule has 1 aliphatic heterocycles. The molecule has 1 amide bonds. The third-order valence-corrected chi connectivity index (χ3v) is 5.72. The Hall–Kier alpha value is -3.78. The van der Waals surface area contributed by atoms with Gasteiger partial charge in [0.25, 0.3) is 5.91 Å². The standard InChI is InChI=1S/C25H26N6O2/c1-17(2)31-23-20(16-27-31)19(15-22(28-23)18-7-4-3-5-8-18)25(32)29-21-9-6-10-26-24(21)30-11-13-33-14-12-30/h3-10,15-17H,11-14H2,1-2H3,(H,29,32). The molecule has 8 heteroatoms. The first-order valence-corrected chi connectivity index (χ1v) is 11.1. The van der Waals surface area contributed by atoms with Crippen LogP contribution in [0.4, 0.5) is 11.5 Å². The van der Waals surface area contributed by atoms with E-state index in [1.807, 2.05) is 67.1 Å². The van der Waals surface area contributed by atoms with Gasteiger partial charge < -0.3 is 15.0 Å². The number of carbonyl (C=O) groups excluding carboxylic acids is 1. The van der Waals surface area contributed by atoms with E-state index >= 15 is 0 Å². The van der Waals surface area contributed by atoms with Gasteiger partial charge in [-0.3, -0.25) is 4.79 Å². The molecule has 0 bridgehead atoms. The lowest BCUT2D eigenvalue weighted by Crippen LogP contribution is -2.37. The van der Waals surface area contributed by atoms with Crippen molar-refractivity contribution in [2.75, 3.05) is 36.5 Å². The highest BCUT2D eigenvalue weighted by atomic mass is 16.5. The van der Waals surface area contributed by atoms with Crippen LogP contribution < -0.4 is 10.2 Å². The number of pyridine rings is 2. The van der Waals surface area contributed by atoms with Gasteiger partial charge in [-0.1, -0.05) is 30.3 Å². The van der Waals surface area contributed by atoms with Crippen LogP contribution in [-0.4, -0.2) is 52.0 Å². The number of ether oxygens (including phenoxy) is 1. The van der Waals surface area contributed by atoms with Gasteiger partial charge in [0.1, 0.15) is 0 Å². The van der Waals surface area contributed by atoms with E-state index < -0.39 is 0 Å². The number of anilines is 2. The van der Waals surface area contributed by atoms with Crippen LogP contribution in [0.2, 0.25) is 0 Å². The minimum Gasteiger partial charge on any atom is -0.378 e. The minimum atomic E-state index is -0.217. The molecule has 3 aromatic heterocycles. The zero-order valence-electron chi connectivity index (χ0n) is 18.7. The zero-order valence-corrected chi connectivity index (χ0v) is 18.7. The Bertz CT molecular complexity index is 1280. The number of fused-ring (bicyclic) bond motifs is 1. The van der Waals surface area contributed by atoms with Gasteiger partial charge in [0.05, 0.1) is 41.7 Å². The van der Waals surface area contributed by atoms with Crippen molar-refractivity contribution in [2.24, 2.45) is 0 Å². The Labute approximate surface area is 192 Å². The number of amides is 1. The third-order valence-electron chi connectivity index (χ3n) is 5.72. The fraction of sp³-hybridized carbons (Fsp3) is 0.280. The Morgan fingerprint density at radius 2 is 1.88 bits per heavy atom. The summed E-state index contributed by atoms with van der Waals surface area (Å²) in [5.41, 5.74) is 3.57. The molecular formula is C25H26N6O2. The van der Waals surface area contributed by atoms with Crippen molar-refractivity contribution in [2.45, 2.75) is 19.9 Å². The second-order valence-corrected chi connectivity index (χ2v) is 8.27. The van der Waals surface area contributed by atoms with Crippen molar-refractivity contribution in [1.29, 1.82) is 0 Å². The van der Waals surface area contributed by atoms with Crippen molar-refractivity contribution in [3.8, 4) is 11.3 Å². The number of carbonyl (C=O) groups is 1. The van der Waals surface area contributed by atoms with Crippen LogP contribution in [0, 0.1) is 0 Å². The Morgan fingerprint density at radius 1 is 1.09 bits per heavy atom. The molecule has 1 fully saturated rings. The smallest absolute Gasteiger partial charge is 0.256 e. The predicted octanol–water partition coefficient (Wildman–Crippen LogP) is 4.16. The van der Waals surface area contributed by atoms with Crippen LogP contribution in [0.3, 0.4) is 0 Å². The summed E-state index contributed by atoms with van der Waals surface area (Å²) in [6, 6.07) is 15.5. The van der Waals surface area contributed by atoms with Gasteiger partial charge in [0, 0.05) is 30.9 Å². The summed E-state index contributed by atoms with van der Waals surface area (Å²) in [6.45, 7) is 6.85. The molecule has 8 nitrogen and oxygen atoms in total. The third kappa shape index (κ3) is 4.17. The molecule has 4 heterocycles. The minimum absolute atomic E-state index is 0.114. The molecule has 1 aliphatic rings. The monoisotopic (exact) mass is 442 g/mol. The van der Waals surface area contributed by atoms with Gasteiger partial charge in [0.15, 0.2) is 11.5 Å². The maximum absolute atomic E-state index is 13.6. The topological polar surface area (TPSA) is 85.2 Å². The molecule has 0 aliphatic carbocycles. The Balaban J connectivity index is 1.57. The summed E-state index contributed by atoms with van der Waals surface area (Å²) in [5, 5.41) is 8.32. The zero-order chi connectivity index (χ0) is 22.8. The Kier molecular flexibility index (Phi) is 5.75. The van der Waals surface area contributed by atoms with E-state index in [1.54, 1.807) is 12.4 Å². The van der Waals surface area contributed by atoms with Gasteiger partial charge >= 0.3 is 0 Å². The predicted molar refractivity (Wildman–Crippen MR) is 129 cm³/mol. The number of benzene rings is 1. The van der Waals surface area contributed by atoms with E-state index in [4.69, 9.17) is 9.72 Å². The quantitative estimate of drug-likeness (QED) is 0.500. The van der Waals surface area contributed by atoms with E-state index in [0.717, 1.165) is 35.6 Å². The first-order valence-electron chi connectivity index (χ1n) is 11.1. The maximum atomic E-state index is 13.6. The maximum Gasteiger partial charge on any atom is 0.256 e. The van der Waals surface area contributed by atoms with Crippen LogP contribution in [-0.2, 0) is 4.74 Å². The molecule has 1 saturated heterocycles. The average molecular weight is 443 g/mol. The number of morpholine rings is 1. The lowest BCUT2D eigenvalue weighted by molar-refractivity contribution is 0.102. The van der Waals surface area contributed by atoms with Crippen molar-refractivity contribution < 1.29 is 9.53 Å². The lowest BCUT2D eigenvalue weighted by Gasteiger charge is -2.29. The van der Waals surface area contributed by atoms with Crippen molar-refractivity contribution in [3.05, 3.63) is 66.5 Å². The number of rotatable bonds is 5. The summed E-state index contributed by atoms with van der Waals surface area (Å²) >= 11 is 0. The van der Waals surface area contributed by atoms with E-state index in [9.17, 15) is 4.79 Å².